The van der Waals surface area contributed by atoms with Crippen molar-refractivity contribution in [2.75, 3.05) is 0 Å². The molecule has 0 aliphatic carbocycles. The Bertz CT molecular complexity index is 7370. The molecule has 0 saturated heterocycles. The summed E-state index contributed by atoms with van der Waals surface area (Å²) in [5.41, 5.74) is 24.4. The highest BCUT2D eigenvalue weighted by Gasteiger charge is 2.32. The van der Waals surface area contributed by atoms with Crippen LogP contribution in [0.25, 0.3) is 218 Å². The summed E-state index contributed by atoms with van der Waals surface area (Å²) in [6, 6.07) is 101. The van der Waals surface area contributed by atoms with Crippen LogP contribution in [0.5, 0.6) is 0 Å². The van der Waals surface area contributed by atoms with Gasteiger partial charge in [-0.2, -0.15) is 0 Å². The van der Waals surface area contributed by atoms with Crippen molar-refractivity contribution in [3.63, 3.8) is 0 Å². The average Bonchev–Trinajstić information content (AvgIpc) is 1.50. The molecule has 24 rings (SSSR count). The van der Waals surface area contributed by atoms with E-state index in [1.165, 1.54) is 207 Å². The van der Waals surface area contributed by atoms with E-state index in [4.69, 9.17) is 0 Å². The van der Waals surface area contributed by atoms with Crippen molar-refractivity contribution in [2.24, 2.45) is 0 Å². The molecule has 14 aromatic carbocycles. The minimum absolute atomic E-state index is 1.13. The van der Waals surface area contributed by atoms with Crippen LogP contribution in [0.2, 0.25) is 0 Å². The molecule has 10 aromatic heterocycles. The molecule has 10 heterocycles. The number of fused-ring (bicyclic) bond motifs is 34. The van der Waals surface area contributed by atoms with Crippen molar-refractivity contribution in [3.05, 3.63) is 267 Å². The fourth-order valence-electron chi connectivity index (χ4n) is 18.3. The molecule has 0 spiro atoms. The van der Waals surface area contributed by atoms with Crippen molar-refractivity contribution in [1.82, 2.24) is 26.7 Å². The highest BCUT2D eigenvalue weighted by Crippen LogP contribution is 2.55. The van der Waals surface area contributed by atoms with E-state index in [1.807, 2.05) is 0 Å². The van der Waals surface area contributed by atoms with Crippen LogP contribution in [-0.2, 0) is 0 Å². The van der Waals surface area contributed by atoms with Gasteiger partial charge in [-0.25, -0.2) is 0 Å². The molecule has 0 radical (unpaired) electrons. The molecular formula is C84H44N6. The minimum Gasteiger partial charge on any atom is -0.309 e. The van der Waals surface area contributed by atoms with E-state index in [9.17, 15) is 0 Å². The lowest BCUT2D eigenvalue weighted by atomic mass is 9.94. The molecule has 0 N–H and O–H groups in total. The first-order chi connectivity index (χ1) is 44.8. The van der Waals surface area contributed by atoms with Crippen LogP contribution in [-0.4, -0.2) is 26.7 Å². The van der Waals surface area contributed by atoms with Crippen LogP contribution in [0.1, 0.15) is 0 Å². The first-order valence-electron chi connectivity index (χ1n) is 31.4. The maximum atomic E-state index is 2.67. The summed E-state index contributed by atoms with van der Waals surface area (Å²) in [7, 11) is 0. The highest BCUT2D eigenvalue weighted by molar-refractivity contribution is 6.43. The van der Waals surface area contributed by atoms with Gasteiger partial charge >= 0.3 is 0 Å². The van der Waals surface area contributed by atoms with Gasteiger partial charge < -0.3 is 26.7 Å². The van der Waals surface area contributed by atoms with Crippen molar-refractivity contribution in [2.45, 2.75) is 0 Å². The lowest BCUT2D eigenvalue weighted by Gasteiger charge is -2.14. The van der Waals surface area contributed by atoms with Gasteiger partial charge in [0.15, 0.2) is 0 Å². The van der Waals surface area contributed by atoms with Crippen LogP contribution >= 0.6 is 0 Å². The van der Waals surface area contributed by atoms with Crippen LogP contribution in [0.3, 0.4) is 0 Å². The second-order valence-electron chi connectivity index (χ2n) is 25.4. The fraction of sp³-hybridized carbons (Fsp3) is 0. The van der Waals surface area contributed by atoms with Crippen LogP contribution in [0.15, 0.2) is 267 Å². The largest absolute Gasteiger partial charge is 0.309 e. The number of hydrogen-bond donors (Lipinski definition) is 0. The SMILES string of the molecule is c1ccc(-n2c3ccccc3c3c2c(-c2cccc4c2c2ccc5c(c6cc7c(c8cccc9c%10ccccc%10n7c98)c7c8ccccc8n5c67)c2n4-c2ccccc2)cc2c4cccc5c6c7c8ccccc8n8c9ccccc9c(cc6n(c45)c23)c78)cc1. The number of para-hydroxylation sites is 9. The first-order valence-corrected chi connectivity index (χ1v) is 31.4. The van der Waals surface area contributed by atoms with Crippen LogP contribution in [0.4, 0.5) is 0 Å². The molecule has 0 fully saturated rings. The van der Waals surface area contributed by atoms with Crippen molar-refractivity contribution < 1.29 is 0 Å². The molecule has 0 amide bonds. The molecule has 90 heavy (non-hydrogen) atoms. The third-order valence-electron chi connectivity index (χ3n) is 21.4. The monoisotopic (exact) mass is 1140 g/mol. The van der Waals surface area contributed by atoms with Gasteiger partial charge in [-0.3, -0.25) is 0 Å². The van der Waals surface area contributed by atoms with Crippen molar-refractivity contribution in [1.29, 1.82) is 0 Å². The number of aromatic nitrogens is 6. The molecule has 6 heteroatoms. The zero-order chi connectivity index (χ0) is 57.7. The van der Waals surface area contributed by atoms with Gasteiger partial charge in [0, 0.05) is 125 Å². The fourth-order valence-corrected chi connectivity index (χ4v) is 18.3. The molecule has 410 valence electrons. The van der Waals surface area contributed by atoms with E-state index >= 15 is 0 Å². The van der Waals surface area contributed by atoms with Crippen molar-refractivity contribution >= 4 is 196 Å². The average molecular weight is 1140 g/mol. The van der Waals surface area contributed by atoms with Crippen LogP contribution < -0.4 is 0 Å². The standard InChI is InChI=1S/C84H44N6/c1-3-20-45(21-4-1)85-64-36-14-11-28-54(64)77-82(85)58(42-59-51-31-18-33-56-73-70(90(79(51)56)83(59)77)43-60-48-25-8-13-35-63(48)87-65-37-15-9-26-52(65)75(73)81(60)87)49-29-19-39-67-71(49)57-40-41-68-74(80(57)86(67)46-22-5-2-6-23-46)61-44-69-72(76-53-27-10-16-38-66(53)88(68)84(61)76)55-32-17-30-50-47-24-7-12-34-62(47)89(69)78(50)55/h1-44H. The Morgan fingerprint density at radius 3 is 1.22 bits per heavy atom. The number of rotatable bonds is 3. The number of benzene rings is 14. The molecule has 0 aliphatic rings. The van der Waals surface area contributed by atoms with Gasteiger partial charge in [-0.1, -0.05) is 182 Å². The summed E-state index contributed by atoms with van der Waals surface area (Å²) in [4.78, 5) is 0. The Balaban J connectivity index is 0.904. The van der Waals surface area contributed by atoms with Gasteiger partial charge in [0.25, 0.3) is 0 Å². The minimum atomic E-state index is 1.13. The molecular weight excluding hydrogens is 1090 g/mol. The summed E-state index contributed by atoms with van der Waals surface area (Å²) >= 11 is 0. The second-order valence-corrected chi connectivity index (χ2v) is 25.4. The van der Waals surface area contributed by atoms with E-state index in [1.54, 1.807) is 0 Å². The molecule has 0 atom stereocenters. The summed E-state index contributed by atoms with van der Waals surface area (Å²) in [5, 5.41) is 25.5. The normalized spacial score (nSPS) is 13.1. The molecule has 0 bridgehead atoms. The lowest BCUT2D eigenvalue weighted by Crippen LogP contribution is -1.96. The lowest BCUT2D eigenvalue weighted by molar-refractivity contribution is 1.18. The Hall–Kier alpha value is -12.1. The van der Waals surface area contributed by atoms with Gasteiger partial charge in [-0.15, -0.1) is 0 Å². The summed E-state index contributed by atoms with van der Waals surface area (Å²) in [6.07, 6.45) is 0. The summed E-state index contributed by atoms with van der Waals surface area (Å²) < 4.78 is 15.5. The number of hydrogen-bond acceptors (Lipinski definition) is 0. The second kappa shape index (κ2) is 15.3. The van der Waals surface area contributed by atoms with E-state index in [2.05, 4.69) is 294 Å². The molecule has 24 aromatic rings. The van der Waals surface area contributed by atoms with Gasteiger partial charge in [-0.05, 0) is 90.5 Å². The number of nitrogens with zero attached hydrogens (tertiary/aromatic N) is 6. The van der Waals surface area contributed by atoms with E-state index in [0.29, 0.717) is 0 Å². The predicted octanol–water partition coefficient (Wildman–Crippen LogP) is 22.1. The molecule has 0 saturated carbocycles. The Kier molecular flexibility index (Phi) is 7.71. The third-order valence-corrected chi connectivity index (χ3v) is 21.4. The third kappa shape index (κ3) is 4.93. The Labute approximate surface area is 509 Å². The summed E-state index contributed by atoms with van der Waals surface area (Å²) in [6.45, 7) is 0. The van der Waals surface area contributed by atoms with Gasteiger partial charge in [0.1, 0.15) is 0 Å². The van der Waals surface area contributed by atoms with Crippen LogP contribution in [0, 0.1) is 0 Å². The van der Waals surface area contributed by atoms with Crippen molar-refractivity contribution in [3.8, 4) is 22.5 Å². The topological polar surface area (TPSA) is 27.5 Å². The molecule has 6 nitrogen and oxygen atoms in total. The van der Waals surface area contributed by atoms with Gasteiger partial charge in [0.2, 0.25) is 0 Å². The Morgan fingerprint density at radius 1 is 0.156 bits per heavy atom. The predicted molar refractivity (Wildman–Crippen MR) is 379 cm³/mol. The van der Waals surface area contributed by atoms with E-state index < -0.39 is 0 Å². The van der Waals surface area contributed by atoms with E-state index in [-0.39, 0.29) is 0 Å². The molecule has 0 aliphatic heterocycles. The maximum absolute atomic E-state index is 2.67. The van der Waals surface area contributed by atoms with Gasteiger partial charge in [0.05, 0.1) is 88.3 Å². The quantitative estimate of drug-likeness (QED) is 0.169. The summed E-state index contributed by atoms with van der Waals surface area (Å²) in [5.74, 6) is 0. The maximum Gasteiger partial charge on any atom is 0.0642 e. The Morgan fingerprint density at radius 2 is 0.567 bits per heavy atom. The zero-order valence-corrected chi connectivity index (χ0v) is 48.1. The zero-order valence-electron chi connectivity index (χ0n) is 48.1. The highest BCUT2D eigenvalue weighted by atomic mass is 15.0. The van der Waals surface area contributed by atoms with E-state index in [0.717, 1.165) is 11.4 Å². The smallest absolute Gasteiger partial charge is 0.0642 e. The molecule has 0 unspecified atom stereocenters. The first kappa shape index (κ1) is 45.2.